The van der Waals surface area contributed by atoms with E-state index in [-0.39, 0.29) is 46.4 Å². The zero-order chi connectivity index (χ0) is 28.9. The van der Waals surface area contributed by atoms with Crippen LogP contribution in [0.5, 0.6) is 23.0 Å². The Hall–Kier alpha value is -2.44. The minimum absolute atomic E-state index is 0.125. The second-order valence-electron chi connectivity index (χ2n) is 13.2. The highest BCUT2D eigenvalue weighted by molar-refractivity contribution is 5.52. The van der Waals surface area contributed by atoms with E-state index >= 15 is 0 Å². The first kappa shape index (κ1) is 33.6. The van der Waals surface area contributed by atoms with Crippen LogP contribution in [0.2, 0.25) is 0 Å². The van der Waals surface area contributed by atoms with Gasteiger partial charge in [0, 0.05) is 22.3 Å². The quantitative estimate of drug-likeness (QED) is 0.250. The first-order valence-electron chi connectivity index (χ1n) is 12.3. The molecule has 2 aromatic carbocycles. The highest BCUT2D eigenvalue weighted by Crippen LogP contribution is 2.42. The number of phenols is 4. The van der Waals surface area contributed by atoms with Crippen molar-refractivity contribution in [1.29, 1.82) is 0 Å². The maximum atomic E-state index is 10.3. The maximum absolute atomic E-state index is 10.3. The van der Waals surface area contributed by atoms with Crippen LogP contribution < -0.4 is 0 Å². The van der Waals surface area contributed by atoms with Crippen LogP contribution in [0.1, 0.15) is 105 Å². The predicted octanol–water partition coefficient (Wildman–Crippen LogP) is 6.36. The topological polar surface area (TPSA) is 121 Å². The molecule has 36 heavy (non-hydrogen) atoms. The summed E-state index contributed by atoms with van der Waals surface area (Å²) >= 11 is 0. The number of hydrogen-bond acceptors (Lipinski definition) is 6. The lowest BCUT2D eigenvalue weighted by Crippen LogP contribution is -2.16. The number of benzene rings is 2. The normalized spacial score (nSPS) is 12.3. The summed E-state index contributed by atoms with van der Waals surface area (Å²) in [5.41, 5.74) is 2.45. The molecule has 0 amide bonds. The molecular formula is C30H50O6. The second kappa shape index (κ2) is 12.2. The third-order valence-corrected chi connectivity index (χ3v) is 5.52. The number of aliphatic hydroxyl groups excluding tert-OH is 2. The molecule has 0 saturated carbocycles. The van der Waals surface area contributed by atoms with Gasteiger partial charge in [-0.1, -0.05) is 83.1 Å². The molecule has 0 aliphatic rings. The summed E-state index contributed by atoms with van der Waals surface area (Å²) in [6, 6.07) is 6.57. The summed E-state index contributed by atoms with van der Waals surface area (Å²) in [7, 11) is 0. The van der Waals surface area contributed by atoms with Crippen LogP contribution >= 0.6 is 0 Å². The van der Waals surface area contributed by atoms with Gasteiger partial charge in [-0.15, -0.1) is 0 Å². The van der Waals surface area contributed by atoms with E-state index in [4.69, 9.17) is 10.2 Å². The van der Waals surface area contributed by atoms with E-state index in [1.54, 1.807) is 24.3 Å². The van der Waals surface area contributed by atoms with Gasteiger partial charge >= 0.3 is 0 Å². The number of rotatable bonds is 1. The van der Waals surface area contributed by atoms with E-state index in [0.717, 1.165) is 22.3 Å². The summed E-state index contributed by atoms with van der Waals surface area (Å²) < 4.78 is 0. The Labute approximate surface area is 218 Å². The molecule has 0 spiro atoms. The van der Waals surface area contributed by atoms with Crippen LogP contribution in [-0.4, -0.2) is 43.9 Å². The minimum Gasteiger partial charge on any atom is -0.508 e. The molecule has 0 heterocycles. The van der Waals surface area contributed by atoms with E-state index in [1.807, 2.05) is 83.1 Å². The number of aromatic hydroxyl groups is 4. The zero-order valence-electron chi connectivity index (χ0n) is 24.4. The highest BCUT2D eigenvalue weighted by atomic mass is 16.3. The van der Waals surface area contributed by atoms with Crippen molar-refractivity contribution >= 4 is 0 Å². The number of hydrogen-bond donors (Lipinski definition) is 6. The predicted molar refractivity (Wildman–Crippen MR) is 149 cm³/mol. The molecule has 6 heteroatoms. The minimum atomic E-state index is -0.178. The smallest absolute Gasteiger partial charge is 0.123 e. The first-order valence-corrected chi connectivity index (χ1v) is 12.3. The van der Waals surface area contributed by atoms with Crippen LogP contribution in [-0.2, 0) is 21.7 Å². The molecule has 6 nitrogen and oxygen atoms in total. The standard InChI is InChI=1S/2C14H22O2.C2H6O2/c2*1-13(2,3)10-7-9(15)8-11(12(10)16)14(4,5)6;3-1-2-4/h2*7-8,15-16H,1-6H3;3-4H,1-2H2. The van der Waals surface area contributed by atoms with Gasteiger partial charge in [-0.05, 0) is 45.9 Å². The molecule has 0 atom stereocenters. The van der Waals surface area contributed by atoms with E-state index in [2.05, 4.69) is 0 Å². The van der Waals surface area contributed by atoms with E-state index in [9.17, 15) is 20.4 Å². The molecule has 0 bridgehead atoms. The van der Waals surface area contributed by atoms with Crippen LogP contribution in [0.25, 0.3) is 0 Å². The summed E-state index contributed by atoms with van der Waals surface area (Å²) in [4.78, 5) is 0. The van der Waals surface area contributed by atoms with Crippen molar-refractivity contribution in [3.63, 3.8) is 0 Å². The molecule has 0 radical (unpaired) electrons. The van der Waals surface area contributed by atoms with Crippen LogP contribution in [0.3, 0.4) is 0 Å². The molecule has 6 N–H and O–H groups in total. The van der Waals surface area contributed by atoms with Gasteiger partial charge in [0.05, 0.1) is 13.2 Å². The number of aliphatic hydroxyl groups is 2. The molecule has 0 aliphatic heterocycles. The molecule has 0 aromatic heterocycles. The Kier molecular flexibility index (Phi) is 11.4. The average Bonchev–Trinajstić information content (AvgIpc) is 2.68. The van der Waals surface area contributed by atoms with Crippen molar-refractivity contribution in [3.05, 3.63) is 46.5 Å². The molecule has 2 rings (SSSR count). The Morgan fingerprint density at radius 1 is 0.417 bits per heavy atom. The SMILES string of the molecule is CC(C)(C)c1cc(O)cc(C(C)(C)C)c1O.CC(C)(C)c1cc(O)cc(C(C)(C)C)c1O.OCCO. The zero-order valence-corrected chi connectivity index (χ0v) is 24.4. The fourth-order valence-electron chi connectivity index (χ4n) is 3.53. The van der Waals surface area contributed by atoms with Crippen molar-refractivity contribution in [2.75, 3.05) is 13.2 Å². The van der Waals surface area contributed by atoms with Crippen molar-refractivity contribution in [2.45, 2.75) is 105 Å². The van der Waals surface area contributed by atoms with Crippen LogP contribution in [0.4, 0.5) is 0 Å². The Morgan fingerprint density at radius 3 is 0.694 bits per heavy atom. The fourth-order valence-corrected chi connectivity index (χ4v) is 3.53. The molecule has 2 aromatic rings. The van der Waals surface area contributed by atoms with Gasteiger partial charge in [0.15, 0.2) is 0 Å². The van der Waals surface area contributed by atoms with Gasteiger partial charge in [-0.2, -0.15) is 0 Å². The van der Waals surface area contributed by atoms with E-state index in [1.165, 1.54) is 0 Å². The lowest BCUT2D eigenvalue weighted by Gasteiger charge is -2.27. The second-order valence-corrected chi connectivity index (χ2v) is 13.2. The monoisotopic (exact) mass is 506 g/mol. The third-order valence-electron chi connectivity index (χ3n) is 5.52. The molecule has 0 unspecified atom stereocenters. The summed E-state index contributed by atoms with van der Waals surface area (Å²) in [5, 5.41) is 55.3. The van der Waals surface area contributed by atoms with E-state index in [0.29, 0.717) is 11.5 Å². The molecule has 0 fully saturated rings. The van der Waals surface area contributed by atoms with Crippen molar-refractivity contribution in [1.82, 2.24) is 0 Å². The Balaban J connectivity index is 0.000000593. The summed E-state index contributed by atoms with van der Waals surface area (Å²) in [6.07, 6.45) is 0. The van der Waals surface area contributed by atoms with Crippen molar-refractivity contribution in [3.8, 4) is 23.0 Å². The number of phenolic OH excluding ortho intramolecular Hbond substituents is 4. The van der Waals surface area contributed by atoms with Crippen LogP contribution in [0, 0.1) is 0 Å². The molecule has 206 valence electrons. The van der Waals surface area contributed by atoms with Gasteiger partial charge < -0.3 is 30.6 Å². The molecule has 0 saturated heterocycles. The fraction of sp³-hybridized carbons (Fsp3) is 0.600. The summed E-state index contributed by atoms with van der Waals surface area (Å²) in [6.45, 7) is 24.0. The van der Waals surface area contributed by atoms with Crippen molar-refractivity contribution < 1.29 is 30.6 Å². The van der Waals surface area contributed by atoms with Gasteiger partial charge in [0.2, 0.25) is 0 Å². The maximum Gasteiger partial charge on any atom is 0.123 e. The Bertz CT molecular complexity index is 829. The third kappa shape index (κ3) is 9.90. The van der Waals surface area contributed by atoms with Crippen LogP contribution in [0.15, 0.2) is 24.3 Å². The first-order chi connectivity index (χ1) is 16.0. The lowest BCUT2D eigenvalue weighted by atomic mass is 9.79. The van der Waals surface area contributed by atoms with Gasteiger partial charge in [-0.25, -0.2) is 0 Å². The Morgan fingerprint density at radius 2 is 0.583 bits per heavy atom. The molecular weight excluding hydrogens is 456 g/mol. The largest absolute Gasteiger partial charge is 0.508 e. The van der Waals surface area contributed by atoms with Gasteiger partial charge in [0.25, 0.3) is 0 Å². The average molecular weight is 507 g/mol. The summed E-state index contributed by atoms with van der Waals surface area (Å²) in [5.74, 6) is 1.04. The van der Waals surface area contributed by atoms with E-state index < -0.39 is 0 Å². The van der Waals surface area contributed by atoms with Gasteiger partial charge in [-0.3, -0.25) is 0 Å². The van der Waals surface area contributed by atoms with Crippen molar-refractivity contribution in [2.24, 2.45) is 0 Å². The molecule has 0 aliphatic carbocycles. The lowest BCUT2D eigenvalue weighted by molar-refractivity contribution is 0.186. The van der Waals surface area contributed by atoms with Gasteiger partial charge in [0.1, 0.15) is 23.0 Å². The highest BCUT2D eigenvalue weighted by Gasteiger charge is 2.27.